The molecule has 3 aliphatic rings. The number of nitrogens with zero attached hydrogens (tertiary/aromatic N) is 4. The lowest BCUT2D eigenvalue weighted by atomic mass is 10.1. The molecule has 33 heavy (non-hydrogen) atoms. The number of hydrogen-bond donors (Lipinski definition) is 2. The Balaban J connectivity index is 1.35. The zero-order chi connectivity index (χ0) is 23.6. The largest absolute Gasteiger partial charge is 0.340 e. The third-order valence-corrected chi connectivity index (χ3v) is 8.37. The lowest BCUT2D eigenvalue weighted by Crippen LogP contribution is -2.58. The second-order valence-electron chi connectivity index (χ2n) is 8.65. The van der Waals surface area contributed by atoms with E-state index in [0.29, 0.717) is 44.8 Å². The van der Waals surface area contributed by atoms with Crippen molar-refractivity contribution in [1.29, 1.82) is 0 Å². The molecule has 1 unspecified atom stereocenters. The Labute approximate surface area is 194 Å². The predicted molar refractivity (Wildman–Crippen MR) is 125 cm³/mol. The van der Waals surface area contributed by atoms with Crippen molar-refractivity contribution in [3.8, 4) is 0 Å². The second-order valence-corrected chi connectivity index (χ2v) is 10.6. The molecular weight excluding hydrogens is 447 g/mol. The minimum absolute atomic E-state index is 0.0500. The summed E-state index contributed by atoms with van der Waals surface area (Å²) in [6, 6.07) is 4.47. The van der Waals surface area contributed by atoms with Crippen LogP contribution in [-0.4, -0.2) is 77.7 Å². The standard InChI is InChI=1S/C22H31FN6O3S/c1-17-7-3-4-12-29(17)22(30)25-24-20-9-5-8-19(21(20)23)16-26-13-14-28(15-18(26)2)33(31,32)27-10-6-11-27/h3-5,7-9,12,17-18,24H,6,10-11,13-16H2,1-2H3,(H,25,30)/t17?,18-/m1/s1. The number of anilines is 1. The summed E-state index contributed by atoms with van der Waals surface area (Å²) in [6.07, 6.45) is 8.08. The molecule has 9 nitrogen and oxygen atoms in total. The minimum atomic E-state index is -3.40. The van der Waals surface area contributed by atoms with Crippen LogP contribution >= 0.6 is 0 Å². The average Bonchev–Trinajstić information content (AvgIpc) is 2.74. The highest BCUT2D eigenvalue weighted by atomic mass is 32.2. The zero-order valence-electron chi connectivity index (χ0n) is 18.9. The van der Waals surface area contributed by atoms with Gasteiger partial charge in [-0.25, -0.2) is 9.18 Å². The van der Waals surface area contributed by atoms with Gasteiger partial charge in [-0.15, -0.1) is 0 Å². The topological polar surface area (TPSA) is 88.2 Å². The van der Waals surface area contributed by atoms with Crippen LogP contribution in [0.15, 0.2) is 42.6 Å². The Morgan fingerprint density at radius 1 is 1.12 bits per heavy atom. The lowest BCUT2D eigenvalue weighted by molar-refractivity contribution is 0.114. The zero-order valence-corrected chi connectivity index (χ0v) is 19.8. The van der Waals surface area contributed by atoms with Crippen LogP contribution in [0.4, 0.5) is 14.9 Å². The van der Waals surface area contributed by atoms with E-state index in [1.54, 1.807) is 30.5 Å². The van der Waals surface area contributed by atoms with E-state index < -0.39 is 16.0 Å². The number of urea groups is 1. The number of nitrogens with one attached hydrogen (secondary N) is 2. The summed E-state index contributed by atoms with van der Waals surface area (Å²) in [4.78, 5) is 16.0. The first-order valence-electron chi connectivity index (χ1n) is 11.2. The monoisotopic (exact) mass is 478 g/mol. The van der Waals surface area contributed by atoms with E-state index in [1.807, 2.05) is 26.0 Å². The van der Waals surface area contributed by atoms with E-state index in [2.05, 4.69) is 15.8 Å². The first-order valence-corrected chi connectivity index (χ1v) is 12.6. The number of hydrazine groups is 1. The van der Waals surface area contributed by atoms with Gasteiger partial charge in [-0.05, 0) is 32.4 Å². The quantitative estimate of drug-likeness (QED) is 0.612. The molecule has 0 bridgehead atoms. The van der Waals surface area contributed by atoms with Crippen molar-refractivity contribution in [2.75, 3.05) is 38.1 Å². The van der Waals surface area contributed by atoms with Crippen LogP contribution in [0, 0.1) is 5.82 Å². The predicted octanol–water partition coefficient (Wildman–Crippen LogP) is 2.09. The van der Waals surface area contributed by atoms with Crippen molar-refractivity contribution in [3.05, 3.63) is 54.0 Å². The molecule has 0 radical (unpaired) electrons. The Morgan fingerprint density at radius 3 is 2.58 bits per heavy atom. The van der Waals surface area contributed by atoms with Gasteiger partial charge in [0, 0.05) is 57.1 Å². The number of benzene rings is 1. The van der Waals surface area contributed by atoms with E-state index in [1.165, 1.54) is 13.5 Å². The van der Waals surface area contributed by atoms with Gasteiger partial charge < -0.3 is 0 Å². The van der Waals surface area contributed by atoms with E-state index in [4.69, 9.17) is 0 Å². The molecule has 3 heterocycles. The first kappa shape index (κ1) is 23.7. The summed E-state index contributed by atoms with van der Waals surface area (Å²) >= 11 is 0. The summed E-state index contributed by atoms with van der Waals surface area (Å²) < 4.78 is 43.5. The Kier molecular flexibility index (Phi) is 7.03. The van der Waals surface area contributed by atoms with Gasteiger partial charge in [-0.1, -0.05) is 24.3 Å². The van der Waals surface area contributed by atoms with Gasteiger partial charge in [0.25, 0.3) is 10.2 Å². The highest BCUT2D eigenvalue weighted by Gasteiger charge is 2.37. The van der Waals surface area contributed by atoms with Crippen LogP contribution in [-0.2, 0) is 16.8 Å². The van der Waals surface area contributed by atoms with Crippen molar-refractivity contribution < 1.29 is 17.6 Å². The number of piperazine rings is 1. The normalized spacial score (nSPS) is 24.5. The fraction of sp³-hybridized carbons (Fsp3) is 0.500. The average molecular weight is 479 g/mol. The summed E-state index contributed by atoms with van der Waals surface area (Å²) in [5, 5.41) is 0. The van der Waals surface area contributed by atoms with E-state index in [0.717, 1.165) is 6.42 Å². The molecule has 2 fully saturated rings. The van der Waals surface area contributed by atoms with Crippen molar-refractivity contribution in [2.24, 2.45) is 0 Å². The maximum atomic E-state index is 15.2. The number of carbonyl (C=O) groups excluding carboxylic acids is 1. The third kappa shape index (κ3) is 5.06. The van der Waals surface area contributed by atoms with E-state index in [9.17, 15) is 13.2 Å². The van der Waals surface area contributed by atoms with Crippen LogP contribution in [0.25, 0.3) is 0 Å². The Morgan fingerprint density at radius 2 is 1.91 bits per heavy atom. The van der Waals surface area contributed by atoms with Crippen LogP contribution in [0.2, 0.25) is 0 Å². The number of carbonyl (C=O) groups is 1. The van der Waals surface area contributed by atoms with Gasteiger partial charge in [-0.2, -0.15) is 17.0 Å². The van der Waals surface area contributed by atoms with Gasteiger partial charge in [0.2, 0.25) is 0 Å². The summed E-state index contributed by atoms with van der Waals surface area (Å²) in [6.45, 7) is 6.65. The van der Waals surface area contributed by atoms with E-state index in [-0.39, 0.29) is 23.8 Å². The lowest BCUT2D eigenvalue weighted by Gasteiger charge is -2.42. The molecule has 0 aromatic heterocycles. The highest BCUT2D eigenvalue weighted by molar-refractivity contribution is 7.86. The number of amides is 2. The molecule has 11 heteroatoms. The molecule has 2 saturated heterocycles. The number of rotatable bonds is 6. The molecular formula is C22H31FN6O3S. The summed E-state index contributed by atoms with van der Waals surface area (Å²) in [5.41, 5.74) is 5.89. The SMILES string of the molecule is CC1C=CC=CN1C(=O)NNc1cccc(CN2CCN(S(=O)(=O)N3CCC3)C[C@H]2C)c1F. The summed E-state index contributed by atoms with van der Waals surface area (Å²) in [5.74, 6) is -0.442. The molecule has 2 N–H and O–H groups in total. The molecule has 180 valence electrons. The molecule has 2 amide bonds. The van der Waals surface area contributed by atoms with Gasteiger partial charge in [0.15, 0.2) is 5.82 Å². The maximum Gasteiger partial charge on any atom is 0.340 e. The van der Waals surface area contributed by atoms with Crippen LogP contribution in [0.3, 0.4) is 0 Å². The fourth-order valence-electron chi connectivity index (χ4n) is 4.14. The van der Waals surface area contributed by atoms with Gasteiger partial charge >= 0.3 is 6.03 Å². The molecule has 3 aliphatic heterocycles. The number of allylic oxidation sites excluding steroid dienone is 2. The Bertz CT molecular complexity index is 1040. The van der Waals surface area contributed by atoms with Gasteiger partial charge in [0.05, 0.1) is 11.7 Å². The third-order valence-electron chi connectivity index (χ3n) is 6.37. The molecule has 1 aromatic rings. The molecule has 0 spiro atoms. The van der Waals surface area contributed by atoms with Crippen LogP contribution in [0.1, 0.15) is 25.8 Å². The van der Waals surface area contributed by atoms with Crippen molar-refractivity contribution >= 4 is 21.9 Å². The second kappa shape index (κ2) is 9.80. The van der Waals surface area contributed by atoms with Crippen LogP contribution in [0.5, 0.6) is 0 Å². The fourth-order valence-corrected chi connectivity index (χ4v) is 5.90. The molecule has 0 aliphatic carbocycles. The van der Waals surface area contributed by atoms with Crippen LogP contribution < -0.4 is 10.9 Å². The number of halogens is 1. The molecule has 4 rings (SSSR count). The maximum absolute atomic E-state index is 15.2. The van der Waals surface area contributed by atoms with Gasteiger partial charge in [0.1, 0.15) is 0 Å². The van der Waals surface area contributed by atoms with Crippen molar-refractivity contribution in [2.45, 2.75) is 38.9 Å². The Hall–Kier alpha value is -2.47. The summed E-state index contributed by atoms with van der Waals surface area (Å²) in [7, 11) is -3.40. The molecule has 0 saturated carbocycles. The molecule has 2 atom stereocenters. The number of hydrogen-bond acceptors (Lipinski definition) is 5. The smallest absolute Gasteiger partial charge is 0.294 e. The molecule has 1 aromatic carbocycles. The van der Waals surface area contributed by atoms with Crippen molar-refractivity contribution in [1.82, 2.24) is 23.8 Å². The highest BCUT2D eigenvalue weighted by Crippen LogP contribution is 2.24. The van der Waals surface area contributed by atoms with Crippen molar-refractivity contribution in [3.63, 3.8) is 0 Å². The minimum Gasteiger partial charge on any atom is -0.294 e. The first-order chi connectivity index (χ1) is 15.8. The van der Waals surface area contributed by atoms with Gasteiger partial charge in [-0.3, -0.25) is 20.7 Å². The van der Waals surface area contributed by atoms with E-state index >= 15 is 4.39 Å².